The van der Waals surface area contributed by atoms with E-state index in [2.05, 4.69) is 37.2 Å². The van der Waals surface area contributed by atoms with Crippen molar-refractivity contribution in [3.05, 3.63) is 0 Å². The molecule has 0 saturated carbocycles. The van der Waals surface area contributed by atoms with Crippen LogP contribution in [0.4, 0.5) is 0 Å². The fourth-order valence-corrected chi connectivity index (χ4v) is 1.51. The Hall–Kier alpha value is -0.590. The highest BCUT2D eigenvalue weighted by Crippen LogP contribution is 2.10. The summed E-state index contributed by atoms with van der Waals surface area (Å²) in [5.41, 5.74) is -0.379. The van der Waals surface area contributed by atoms with Crippen molar-refractivity contribution >= 4 is 0 Å². The molecule has 0 bridgehead atoms. The van der Waals surface area contributed by atoms with Crippen molar-refractivity contribution in [2.24, 2.45) is 0 Å². The minimum atomic E-state index is -0.379. The summed E-state index contributed by atoms with van der Waals surface area (Å²) in [7, 11) is 2.12. The number of hydrogen-bond acceptors (Lipinski definition) is 3. The third kappa shape index (κ3) is 5.15. The molecule has 1 N–H and O–H groups in total. The predicted molar refractivity (Wildman–Crippen MR) is 64.7 cm³/mol. The van der Waals surface area contributed by atoms with Crippen LogP contribution >= 0.6 is 0 Å². The Morgan fingerprint density at radius 3 is 2.47 bits per heavy atom. The van der Waals surface area contributed by atoms with E-state index in [0.717, 1.165) is 25.9 Å². The van der Waals surface area contributed by atoms with E-state index >= 15 is 0 Å². The van der Waals surface area contributed by atoms with Crippen LogP contribution in [0.2, 0.25) is 0 Å². The predicted octanol–water partition coefficient (Wildman–Crippen LogP) is 2.00. The monoisotopic (exact) mass is 211 g/mol. The molecule has 0 aromatic heterocycles. The van der Waals surface area contributed by atoms with Gasteiger partial charge < -0.3 is 4.90 Å². The molecule has 0 aliphatic rings. The first-order valence-electron chi connectivity index (χ1n) is 5.85. The van der Waals surface area contributed by atoms with Gasteiger partial charge in [-0.3, -0.25) is 5.32 Å². The average Bonchev–Trinajstić information content (AvgIpc) is 2.25. The molecule has 88 valence electrons. The van der Waals surface area contributed by atoms with Gasteiger partial charge in [-0.15, -0.1) is 0 Å². The summed E-state index contributed by atoms with van der Waals surface area (Å²) in [6.07, 6.45) is 2.03. The maximum absolute atomic E-state index is 9.09. The molecule has 0 aliphatic carbocycles. The molecule has 0 saturated heterocycles. The van der Waals surface area contributed by atoms with Crippen molar-refractivity contribution in [3.63, 3.8) is 0 Å². The van der Waals surface area contributed by atoms with Crippen molar-refractivity contribution in [2.45, 2.75) is 52.1 Å². The first-order chi connectivity index (χ1) is 6.99. The van der Waals surface area contributed by atoms with E-state index in [1.807, 2.05) is 13.8 Å². The molecular weight excluding hydrogens is 186 g/mol. The summed E-state index contributed by atoms with van der Waals surface area (Å²) >= 11 is 0. The Morgan fingerprint density at radius 1 is 1.47 bits per heavy atom. The maximum Gasteiger partial charge on any atom is 0.105 e. The maximum atomic E-state index is 9.09. The summed E-state index contributed by atoms with van der Waals surface area (Å²) < 4.78 is 0. The van der Waals surface area contributed by atoms with Gasteiger partial charge in [-0.05, 0) is 40.3 Å². The van der Waals surface area contributed by atoms with Gasteiger partial charge in [0.15, 0.2) is 0 Å². The van der Waals surface area contributed by atoms with Gasteiger partial charge in [0.25, 0.3) is 0 Å². The van der Waals surface area contributed by atoms with E-state index in [1.54, 1.807) is 0 Å². The molecular formula is C12H25N3. The Bertz CT molecular complexity index is 209. The molecule has 0 rings (SSSR count). The molecule has 0 aliphatic heterocycles. The van der Waals surface area contributed by atoms with Gasteiger partial charge in [0.1, 0.15) is 5.54 Å². The SMILES string of the molecule is CCNC(C)(C#N)CCN(C)C(C)CC. The van der Waals surface area contributed by atoms with E-state index in [-0.39, 0.29) is 5.54 Å². The molecule has 15 heavy (non-hydrogen) atoms. The molecule has 3 nitrogen and oxygen atoms in total. The number of nitrogens with one attached hydrogen (secondary N) is 1. The average molecular weight is 211 g/mol. The lowest BCUT2D eigenvalue weighted by atomic mass is 9.99. The summed E-state index contributed by atoms with van der Waals surface area (Å²) in [6.45, 7) is 10.2. The normalized spacial score (nSPS) is 17.1. The second kappa shape index (κ2) is 6.81. The van der Waals surface area contributed by atoms with Crippen molar-refractivity contribution in [1.29, 1.82) is 5.26 Å². The fourth-order valence-electron chi connectivity index (χ4n) is 1.51. The van der Waals surface area contributed by atoms with Gasteiger partial charge in [-0.2, -0.15) is 5.26 Å². The molecule has 0 heterocycles. The number of hydrogen-bond donors (Lipinski definition) is 1. The van der Waals surface area contributed by atoms with Crippen molar-refractivity contribution in [2.75, 3.05) is 20.1 Å². The quantitative estimate of drug-likeness (QED) is 0.700. The molecule has 0 radical (unpaired) electrons. The first-order valence-corrected chi connectivity index (χ1v) is 5.85. The highest BCUT2D eigenvalue weighted by atomic mass is 15.1. The molecule has 0 amide bonds. The second-order valence-corrected chi connectivity index (χ2v) is 4.46. The van der Waals surface area contributed by atoms with Crippen LogP contribution in [0.25, 0.3) is 0 Å². The van der Waals surface area contributed by atoms with Crippen molar-refractivity contribution in [3.8, 4) is 6.07 Å². The zero-order valence-corrected chi connectivity index (χ0v) is 10.8. The number of rotatable bonds is 7. The van der Waals surface area contributed by atoms with E-state index in [0.29, 0.717) is 6.04 Å². The van der Waals surface area contributed by atoms with Crippen LogP contribution in [-0.2, 0) is 0 Å². The van der Waals surface area contributed by atoms with Crippen LogP contribution in [0.3, 0.4) is 0 Å². The summed E-state index contributed by atoms with van der Waals surface area (Å²) in [4.78, 5) is 2.31. The lowest BCUT2D eigenvalue weighted by Gasteiger charge is -2.28. The molecule has 2 atom stereocenters. The molecule has 0 spiro atoms. The van der Waals surface area contributed by atoms with Gasteiger partial charge >= 0.3 is 0 Å². The van der Waals surface area contributed by atoms with E-state index in [4.69, 9.17) is 5.26 Å². The van der Waals surface area contributed by atoms with E-state index in [1.165, 1.54) is 0 Å². The minimum absolute atomic E-state index is 0.379. The third-order valence-corrected chi connectivity index (χ3v) is 3.12. The van der Waals surface area contributed by atoms with Crippen molar-refractivity contribution < 1.29 is 0 Å². The van der Waals surface area contributed by atoms with Crippen LogP contribution < -0.4 is 5.32 Å². The highest BCUT2D eigenvalue weighted by Gasteiger charge is 2.22. The summed E-state index contributed by atoms with van der Waals surface area (Å²) in [5.74, 6) is 0. The standard InChI is InChI=1S/C12H25N3/c1-6-11(3)15(5)9-8-12(4,10-13)14-7-2/h11,14H,6-9H2,1-5H3. The Kier molecular flexibility index (Phi) is 6.55. The van der Waals surface area contributed by atoms with Gasteiger partial charge in [-0.25, -0.2) is 0 Å². The van der Waals surface area contributed by atoms with Crippen LogP contribution in [0.1, 0.15) is 40.5 Å². The van der Waals surface area contributed by atoms with Gasteiger partial charge in [0, 0.05) is 12.6 Å². The first kappa shape index (κ1) is 14.4. The van der Waals surface area contributed by atoms with Crippen LogP contribution in [0.5, 0.6) is 0 Å². The topological polar surface area (TPSA) is 39.1 Å². The highest BCUT2D eigenvalue weighted by molar-refractivity contribution is 5.03. The Labute approximate surface area is 94.5 Å². The number of nitriles is 1. The second-order valence-electron chi connectivity index (χ2n) is 4.46. The van der Waals surface area contributed by atoms with Crippen molar-refractivity contribution in [1.82, 2.24) is 10.2 Å². The summed E-state index contributed by atoms with van der Waals surface area (Å²) in [6, 6.07) is 2.95. The zero-order valence-electron chi connectivity index (χ0n) is 10.8. The van der Waals surface area contributed by atoms with Crippen LogP contribution in [-0.4, -0.2) is 36.6 Å². The van der Waals surface area contributed by atoms with E-state index < -0.39 is 0 Å². The Morgan fingerprint density at radius 2 is 2.07 bits per heavy atom. The van der Waals surface area contributed by atoms with Crippen LogP contribution in [0.15, 0.2) is 0 Å². The zero-order chi connectivity index (χ0) is 11.9. The smallest absolute Gasteiger partial charge is 0.105 e. The molecule has 2 unspecified atom stereocenters. The molecule has 0 fully saturated rings. The Balaban J connectivity index is 4.07. The van der Waals surface area contributed by atoms with Gasteiger partial charge in [0.05, 0.1) is 6.07 Å². The summed E-state index contributed by atoms with van der Waals surface area (Å²) in [5, 5.41) is 12.3. The molecule has 0 aromatic carbocycles. The number of nitrogens with zero attached hydrogens (tertiary/aromatic N) is 2. The lowest BCUT2D eigenvalue weighted by Crippen LogP contribution is -2.44. The van der Waals surface area contributed by atoms with Gasteiger partial charge in [-0.1, -0.05) is 13.8 Å². The fraction of sp³-hybridized carbons (Fsp3) is 0.917. The largest absolute Gasteiger partial charge is 0.304 e. The van der Waals surface area contributed by atoms with E-state index in [9.17, 15) is 0 Å². The van der Waals surface area contributed by atoms with Gasteiger partial charge in [0.2, 0.25) is 0 Å². The lowest BCUT2D eigenvalue weighted by molar-refractivity contribution is 0.228. The van der Waals surface area contributed by atoms with Crippen LogP contribution in [0, 0.1) is 11.3 Å². The minimum Gasteiger partial charge on any atom is -0.304 e. The third-order valence-electron chi connectivity index (χ3n) is 3.12. The molecule has 3 heteroatoms. The molecule has 0 aromatic rings.